The molecule has 3 aromatic heterocycles. The second-order valence-electron chi connectivity index (χ2n) is 11.7. The summed E-state index contributed by atoms with van der Waals surface area (Å²) in [6, 6.07) is 53.7. The third-order valence-electron chi connectivity index (χ3n) is 9.22. The predicted molar refractivity (Wildman–Crippen MR) is 186 cm³/mol. The van der Waals surface area contributed by atoms with Gasteiger partial charge in [-0.3, -0.25) is 0 Å². The van der Waals surface area contributed by atoms with E-state index in [4.69, 9.17) is 8.83 Å². The number of benzene rings is 7. The maximum absolute atomic E-state index is 6.37. The first-order valence-corrected chi connectivity index (χ1v) is 15.3. The molecule has 0 saturated heterocycles. The molecule has 0 amide bonds. The molecule has 10 aromatic rings. The van der Waals surface area contributed by atoms with Gasteiger partial charge in [-0.1, -0.05) is 91.0 Å². The zero-order valence-electron chi connectivity index (χ0n) is 24.2. The molecule has 7 aromatic carbocycles. The fourth-order valence-electron chi connectivity index (χ4n) is 7.15. The van der Waals surface area contributed by atoms with Gasteiger partial charge < -0.3 is 13.4 Å². The van der Waals surface area contributed by atoms with Crippen LogP contribution in [0.3, 0.4) is 0 Å². The minimum atomic E-state index is 0.886. The predicted octanol–water partition coefficient (Wildman–Crippen LogP) is 11.9. The van der Waals surface area contributed by atoms with Crippen molar-refractivity contribution in [2.45, 2.75) is 0 Å². The summed E-state index contributed by atoms with van der Waals surface area (Å²) in [5.41, 5.74) is 11.8. The van der Waals surface area contributed by atoms with Crippen LogP contribution in [-0.2, 0) is 0 Å². The largest absolute Gasteiger partial charge is 0.456 e. The summed E-state index contributed by atoms with van der Waals surface area (Å²) in [5, 5.41) is 6.99. The Bertz CT molecular complexity index is 2720. The fraction of sp³-hybridized carbons (Fsp3) is 0. The van der Waals surface area contributed by atoms with Crippen molar-refractivity contribution in [3.05, 3.63) is 152 Å². The van der Waals surface area contributed by atoms with Crippen LogP contribution >= 0.6 is 0 Å². The zero-order valence-corrected chi connectivity index (χ0v) is 24.2. The number of hydrogen-bond acceptors (Lipinski definition) is 2. The van der Waals surface area contributed by atoms with E-state index in [9.17, 15) is 0 Å². The topological polar surface area (TPSA) is 31.2 Å². The highest BCUT2D eigenvalue weighted by molar-refractivity contribution is 6.11. The average Bonchev–Trinajstić information content (AvgIpc) is 3.77. The molecule has 3 heteroatoms. The third kappa shape index (κ3) is 3.58. The van der Waals surface area contributed by atoms with Crippen LogP contribution in [0.1, 0.15) is 0 Å². The Labute approximate surface area is 258 Å². The van der Waals surface area contributed by atoms with Gasteiger partial charge in [0.1, 0.15) is 22.3 Å². The average molecular weight is 576 g/mol. The van der Waals surface area contributed by atoms with E-state index < -0.39 is 0 Å². The van der Waals surface area contributed by atoms with Crippen LogP contribution in [0.2, 0.25) is 0 Å². The molecule has 0 aliphatic carbocycles. The van der Waals surface area contributed by atoms with E-state index in [1.165, 1.54) is 32.9 Å². The highest BCUT2D eigenvalue weighted by atomic mass is 16.3. The van der Waals surface area contributed by atoms with E-state index in [1.807, 2.05) is 12.1 Å². The molecule has 3 nitrogen and oxygen atoms in total. The van der Waals surface area contributed by atoms with Crippen LogP contribution in [-0.4, -0.2) is 4.57 Å². The first kappa shape index (κ1) is 24.4. The molecule has 3 heterocycles. The second-order valence-corrected chi connectivity index (χ2v) is 11.7. The van der Waals surface area contributed by atoms with Gasteiger partial charge in [0.2, 0.25) is 0 Å². The minimum Gasteiger partial charge on any atom is -0.456 e. The maximum Gasteiger partial charge on any atom is 0.135 e. The van der Waals surface area contributed by atoms with Gasteiger partial charge in [-0.05, 0) is 82.9 Å². The van der Waals surface area contributed by atoms with Crippen LogP contribution in [0.25, 0.3) is 93.6 Å². The van der Waals surface area contributed by atoms with Crippen LogP contribution in [0.4, 0.5) is 0 Å². The minimum absolute atomic E-state index is 0.886. The van der Waals surface area contributed by atoms with Crippen molar-refractivity contribution in [3.63, 3.8) is 0 Å². The number of hydrogen-bond donors (Lipinski definition) is 0. The summed E-state index contributed by atoms with van der Waals surface area (Å²) < 4.78 is 14.8. The number of rotatable bonds is 3. The molecule has 0 radical (unpaired) electrons. The summed E-state index contributed by atoms with van der Waals surface area (Å²) in [6.07, 6.45) is 0. The molecular formula is C42H25NO2. The van der Waals surface area contributed by atoms with Gasteiger partial charge in [-0.2, -0.15) is 0 Å². The maximum atomic E-state index is 6.37. The van der Waals surface area contributed by atoms with Crippen molar-refractivity contribution in [2.75, 3.05) is 0 Å². The van der Waals surface area contributed by atoms with E-state index in [2.05, 4.69) is 144 Å². The molecular weight excluding hydrogens is 550 g/mol. The Kier molecular flexibility index (Phi) is 5.00. The van der Waals surface area contributed by atoms with E-state index in [1.54, 1.807) is 0 Å². The summed E-state index contributed by atoms with van der Waals surface area (Å²) in [4.78, 5) is 0. The zero-order chi connectivity index (χ0) is 29.5. The molecule has 0 spiro atoms. The summed E-state index contributed by atoms with van der Waals surface area (Å²) in [7, 11) is 0. The van der Waals surface area contributed by atoms with Crippen LogP contribution < -0.4 is 0 Å². The van der Waals surface area contributed by atoms with Gasteiger partial charge in [0.15, 0.2) is 0 Å². The van der Waals surface area contributed by atoms with Gasteiger partial charge in [-0.15, -0.1) is 0 Å². The van der Waals surface area contributed by atoms with E-state index in [0.717, 1.165) is 60.7 Å². The summed E-state index contributed by atoms with van der Waals surface area (Å²) in [6.45, 7) is 0. The summed E-state index contributed by atoms with van der Waals surface area (Å²) >= 11 is 0. The van der Waals surface area contributed by atoms with E-state index in [-0.39, 0.29) is 0 Å². The van der Waals surface area contributed by atoms with Crippen LogP contribution in [0, 0.1) is 0 Å². The Morgan fingerprint density at radius 3 is 1.40 bits per heavy atom. The van der Waals surface area contributed by atoms with Gasteiger partial charge in [-0.25, -0.2) is 0 Å². The lowest BCUT2D eigenvalue weighted by atomic mass is 9.93. The first-order valence-electron chi connectivity index (χ1n) is 15.3. The Balaban J connectivity index is 1.15. The number of furan rings is 2. The van der Waals surface area contributed by atoms with Gasteiger partial charge in [0.05, 0.1) is 11.0 Å². The van der Waals surface area contributed by atoms with Crippen molar-refractivity contribution in [2.24, 2.45) is 0 Å². The van der Waals surface area contributed by atoms with Crippen molar-refractivity contribution in [3.8, 4) is 27.9 Å². The fourth-order valence-corrected chi connectivity index (χ4v) is 7.15. The smallest absolute Gasteiger partial charge is 0.135 e. The van der Waals surface area contributed by atoms with Crippen LogP contribution in [0.5, 0.6) is 0 Å². The lowest BCUT2D eigenvalue weighted by molar-refractivity contribution is 0.668. The molecule has 0 bridgehead atoms. The number of aromatic nitrogens is 1. The highest BCUT2D eigenvalue weighted by Gasteiger charge is 2.16. The Morgan fingerprint density at radius 2 is 0.778 bits per heavy atom. The lowest BCUT2D eigenvalue weighted by Crippen LogP contribution is -1.93. The summed E-state index contributed by atoms with van der Waals surface area (Å²) in [5.74, 6) is 0. The standard InChI is InChI=1S/C42H25NO2/c1-2-10-30(29(9-1)26-17-20-40-34(23-26)33-13-5-8-16-39(33)44-40)27-18-21-41-35(24-27)36-25-28(19-22-42(36)45-41)43-37-14-6-3-11-31(37)32-12-4-7-15-38(32)43/h1-25H. The monoisotopic (exact) mass is 575 g/mol. The molecule has 0 fully saturated rings. The molecule has 45 heavy (non-hydrogen) atoms. The van der Waals surface area contributed by atoms with Crippen molar-refractivity contribution < 1.29 is 8.83 Å². The van der Waals surface area contributed by atoms with Crippen LogP contribution in [0.15, 0.2) is 160 Å². The quantitative estimate of drug-likeness (QED) is 0.210. The van der Waals surface area contributed by atoms with Gasteiger partial charge in [0, 0.05) is 38.0 Å². The highest BCUT2D eigenvalue weighted by Crippen LogP contribution is 2.40. The molecule has 0 unspecified atom stereocenters. The Hall–Kier alpha value is -6.06. The van der Waals surface area contributed by atoms with Crippen molar-refractivity contribution >= 4 is 65.7 Å². The number of para-hydroxylation sites is 3. The van der Waals surface area contributed by atoms with Crippen molar-refractivity contribution in [1.82, 2.24) is 4.57 Å². The van der Waals surface area contributed by atoms with E-state index >= 15 is 0 Å². The molecule has 0 atom stereocenters. The lowest BCUT2D eigenvalue weighted by Gasteiger charge is -2.11. The second kappa shape index (κ2) is 9.22. The number of nitrogens with zero attached hydrogens (tertiary/aromatic N) is 1. The molecule has 0 aliphatic rings. The normalized spacial score (nSPS) is 12.0. The molecule has 10 rings (SSSR count). The first-order chi connectivity index (χ1) is 22.3. The van der Waals surface area contributed by atoms with Gasteiger partial charge >= 0.3 is 0 Å². The van der Waals surface area contributed by atoms with Crippen molar-refractivity contribution in [1.29, 1.82) is 0 Å². The Morgan fingerprint density at radius 1 is 0.333 bits per heavy atom. The van der Waals surface area contributed by atoms with E-state index in [0.29, 0.717) is 0 Å². The molecule has 0 aliphatic heterocycles. The molecule has 0 N–H and O–H groups in total. The van der Waals surface area contributed by atoms with Gasteiger partial charge in [0.25, 0.3) is 0 Å². The number of fused-ring (bicyclic) bond motifs is 9. The SMILES string of the molecule is c1ccc(-c2ccc3oc4ccc(-n5c6ccccc6c6ccccc65)cc4c3c2)c(-c2ccc3oc4ccccc4c3c2)c1. The third-order valence-corrected chi connectivity index (χ3v) is 9.22. The molecule has 210 valence electrons. The molecule has 0 saturated carbocycles.